The molecule has 1 amide bonds. The smallest absolute Gasteiger partial charge is 0.217 e. The zero-order chi connectivity index (χ0) is 14.0. The highest BCUT2D eigenvalue weighted by molar-refractivity contribution is 5.73. The monoisotopic (exact) mass is 261 g/mol. The van der Waals surface area contributed by atoms with Gasteiger partial charge in [0.25, 0.3) is 0 Å². The molecule has 104 valence electrons. The van der Waals surface area contributed by atoms with Gasteiger partial charge in [-0.05, 0) is 41.9 Å². The molecule has 0 spiro atoms. The van der Waals surface area contributed by atoms with Crippen molar-refractivity contribution in [3.8, 4) is 0 Å². The van der Waals surface area contributed by atoms with E-state index in [1.54, 1.807) is 6.92 Å². The molecule has 2 unspecified atom stereocenters. The van der Waals surface area contributed by atoms with Crippen molar-refractivity contribution >= 4 is 5.91 Å². The van der Waals surface area contributed by atoms with Crippen molar-refractivity contribution in [3.05, 3.63) is 34.9 Å². The van der Waals surface area contributed by atoms with E-state index in [9.17, 15) is 9.90 Å². The first-order valence-corrected chi connectivity index (χ1v) is 7.07. The Morgan fingerprint density at radius 3 is 2.79 bits per heavy atom. The lowest BCUT2D eigenvalue weighted by molar-refractivity contribution is -0.119. The van der Waals surface area contributed by atoms with E-state index in [0.717, 1.165) is 24.8 Å². The summed E-state index contributed by atoms with van der Waals surface area (Å²) in [6.07, 6.45) is 2.70. The van der Waals surface area contributed by atoms with Crippen molar-refractivity contribution in [1.29, 1.82) is 0 Å². The molecule has 0 saturated heterocycles. The quantitative estimate of drug-likeness (QED) is 0.879. The van der Waals surface area contributed by atoms with Crippen molar-refractivity contribution in [2.75, 3.05) is 0 Å². The van der Waals surface area contributed by atoms with E-state index in [4.69, 9.17) is 0 Å². The fourth-order valence-corrected chi connectivity index (χ4v) is 2.78. The maximum Gasteiger partial charge on any atom is 0.217 e. The number of nitrogens with one attached hydrogen (secondary N) is 1. The standard InChI is InChI=1S/C16H23NO2/c1-10(2)16(19)13-8-7-12-5-4-6-15(14(12)9-13)17-11(3)18/h7-10,15-16,19H,4-6H2,1-3H3,(H,17,18). The number of benzene rings is 1. The van der Waals surface area contributed by atoms with Gasteiger partial charge in [-0.2, -0.15) is 0 Å². The van der Waals surface area contributed by atoms with E-state index in [2.05, 4.69) is 17.4 Å². The lowest BCUT2D eigenvalue weighted by Crippen LogP contribution is -2.29. The summed E-state index contributed by atoms with van der Waals surface area (Å²) < 4.78 is 0. The summed E-state index contributed by atoms with van der Waals surface area (Å²) in [6.45, 7) is 5.58. The number of carbonyl (C=O) groups excluding carboxylic acids is 1. The summed E-state index contributed by atoms with van der Waals surface area (Å²) in [5.74, 6) is 0.202. The molecule has 3 nitrogen and oxygen atoms in total. The molecule has 3 heteroatoms. The van der Waals surface area contributed by atoms with E-state index in [-0.39, 0.29) is 17.9 Å². The van der Waals surface area contributed by atoms with Gasteiger partial charge >= 0.3 is 0 Å². The molecule has 0 fully saturated rings. The Labute approximate surface area is 115 Å². The van der Waals surface area contributed by atoms with Crippen LogP contribution in [0.2, 0.25) is 0 Å². The fourth-order valence-electron chi connectivity index (χ4n) is 2.78. The number of hydrogen-bond donors (Lipinski definition) is 2. The highest BCUT2D eigenvalue weighted by Crippen LogP contribution is 2.33. The van der Waals surface area contributed by atoms with Crippen LogP contribution in [0.1, 0.15) is 62.4 Å². The summed E-state index contributed by atoms with van der Waals surface area (Å²) >= 11 is 0. The van der Waals surface area contributed by atoms with E-state index >= 15 is 0 Å². The Morgan fingerprint density at radius 1 is 1.42 bits per heavy atom. The minimum atomic E-state index is -0.440. The number of fused-ring (bicyclic) bond motifs is 1. The lowest BCUT2D eigenvalue weighted by Gasteiger charge is -2.27. The van der Waals surface area contributed by atoms with Crippen LogP contribution in [0, 0.1) is 5.92 Å². The highest BCUT2D eigenvalue weighted by atomic mass is 16.3. The molecule has 19 heavy (non-hydrogen) atoms. The molecule has 2 N–H and O–H groups in total. The second-order valence-electron chi connectivity index (χ2n) is 5.79. The molecule has 2 rings (SSSR count). The molecule has 1 aliphatic rings. The third-order valence-electron chi connectivity index (χ3n) is 3.83. The first-order valence-electron chi connectivity index (χ1n) is 7.07. The largest absolute Gasteiger partial charge is 0.388 e. The Hall–Kier alpha value is -1.35. The van der Waals surface area contributed by atoms with Crippen LogP contribution in [0.15, 0.2) is 18.2 Å². The van der Waals surface area contributed by atoms with Gasteiger partial charge in [-0.1, -0.05) is 32.0 Å². The van der Waals surface area contributed by atoms with Crippen LogP contribution in [0.3, 0.4) is 0 Å². The predicted octanol–water partition coefficient (Wildman–Crippen LogP) is 2.89. The van der Waals surface area contributed by atoms with E-state index in [1.807, 2.05) is 19.9 Å². The van der Waals surface area contributed by atoms with Gasteiger partial charge in [0.1, 0.15) is 0 Å². The Morgan fingerprint density at radius 2 is 2.16 bits per heavy atom. The van der Waals surface area contributed by atoms with Gasteiger partial charge in [-0.15, -0.1) is 0 Å². The molecule has 0 aromatic heterocycles. The summed E-state index contributed by atoms with van der Waals surface area (Å²) in [5, 5.41) is 13.2. The first kappa shape index (κ1) is 14.1. The van der Waals surface area contributed by atoms with Crippen LogP contribution < -0.4 is 5.32 Å². The van der Waals surface area contributed by atoms with Crippen molar-refractivity contribution in [1.82, 2.24) is 5.32 Å². The van der Waals surface area contributed by atoms with Crippen molar-refractivity contribution in [2.45, 2.75) is 52.2 Å². The third-order valence-corrected chi connectivity index (χ3v) is 3.83. The summed E-state index contributed by atoms with van der Waals surface area (Å²) in [6, 6.07) is 6.28. The number of rotatable bonds is 3. The summed E-state index contributed by atoms with van der Waals surface area (Å²) in [5.41, 5.74) is 3.43. The van der Waals surface area contributed by atoms with Gasteiger partial charge in [-0.25, -0.2) is 0 Å². The van der Waals surface area contributed by atoms with Crippen LogP contribution in [0.4, 0.5) is 0 Å². The molecule has 1 aromatic rings. The SMILES string of the molecule is CC(=O)NC1CCCc2ccc(C(O)C(C)C)cc21. The molecular weight excluding hydrogens is 238 g/mol. The summed E-state index contributed by atoms with van der Waals surface area (Å²) in [7, 11) is 0. The Kier molecular flexibility index (Phi) is 4.25. The van der Waals surface area contributed by atoms with Crippen LogP contribution >= 0.6 is 0 Å². The number of amides is 1. The third kappa shape index (κ3) is 3.16. The number of carbonyl (C=O) groups is 1. The minimum Gasteiger partial charge on any atom is -0.388 e. The topological polar surface area (TPSA) is 49.3 Å². The molecule has 1 aromatic carbocycles. The molecule has 2 atom stereocenters. The fraction of sp³-hybridized carbons (Fsp3) is 0.562. The zero-order valence-electron chi connectivity index (χ0n) is 11.9. The predicted molar refractivity (Wildman–Crippen MR) is 75.7 cm³/mol. The van der Waals surface area contributed by atoms with Crippen LogP contribution in [-0.4, -0.2) is 11.0 Å². The first-order chi connectivity index (χ1) is 8.99. The number of aryl methyl sites for hydroxylation is 1. The second-order valence-corrected chi connectivity index (χ2v) is 5.79. The minimum absolute atomic E-state index is 0.00709. The van der Waals surface area contributed by atoms with Gasteiger partial charge in [0, 0.05) is 6.92 Å². The second kappa shape index (κ2) is 5.74. The number of hydrogen-bond acceptors (Lipinski definition) is 2. The maximum atomic E-state index is 11.3. The van der Waals surface area contributed by atoms with E-state index < -0.39 is 6.10 Å². The van der Waals surface area contributed by atoms with Crippen molar-refractivity contribution < 1.29 is 9.90 Å². The maximum absolute atomic E-state index is 11.3. The number of aliphatic hydroxyl groups is 1. The molecule has 0 radical (unpaired) electrons. The highest BCUT2D eigenvalue weighted by Gasteiger charge is 2.22. The van der Waals surface area contributed by atoms with Crippen LogP contribution in [-0.2, 0) is 11.2 Å². The lowest BCUT2D eigenvalue weighted by atomic mass is 9.85. The van der Waals surface area contributed by atoms with Crippen molar-refractivity contribution in [3.63, 3.8) is 0 Å². The van der Waals surface area contributed by atoms with Gasteiger partial charge in [0.2, 0.25) is 5.91 Å². The average molecular weight is 261 g/mol. The van der Waals surface area contributed by atoms with Crippen LogP contribution in [0.5, 0.6) is 0 Å². The molecule has 0 heterocycles. The molecule has 0 saturated carbocycles. The molecular formula is C16H23NO2. The normalized spacial score (nSPS) is 19.9. The molecule has 0 aliphatic heterocycles. The number of aliphatic hydroxyl groups excluding tert-OH is 1. The molecule has 1 aliphatic carbocycles. The van der Waals surface area contributed by atoms with Crippen LogP contribution in [0.25, 0.3) is 0 Å². The Balaban J connectivity index is 2.32. The van der Waals surface area contributed by atoms with E-state index in [0.29, 0.717) is 0 Å². The van der Waals surface area contributed by atoms with Gasteiger partial charge in [0.15, 0.2) is 0 Å². The molecule has 0 bridgehead atoms. The zero-order valence-corrected chi connectivity index (χ0v) is 11.9. The summed E-state index contributed by atoms with van der Waals surface area (Å²) in [4.78, 5) is 11.3. The Bertz CT molecular complexity index is 468. The van der Waals surface area contributed by atoms with Crippen molar-refractivity contribution in [2.24, 2.45) is 5.92 Å². The van der Waals surface area contributed by atoms with Gasteiger partial charge < -0.3 is 10.4 Å². The van der Waals surface area contributed by atoms with Gasteiger partial charge in [0.05, 0.1) is 12.1 Å². The average Bonchev–Trinajstić information content (AvgIpc) is 2.37. The van der Waals surface area contributed by atoms with E-state index in [1.165, 1.54) is 11.1 Å². The van der Waals surface area contributed by atoms with Gasteiger partial charge in [-0.3, -0.25) is 4.79 Å².